The van der Waals surface area contributed by atoms with Gasteiger partial charge in [0, 0.05) is 5.56 Å². The van der Waals surface area contributed by atoms with E-state index >= 15 is 0 Å². The van der Waals surface area contributed by atoms with Gasteiger partial charge in [0.15, 0.2) is 4.32 Å². The number of anilines is 1. The zero-order chi connectivity index (χ0) is 20.4. The second-order valence-corrected chi connectivity index (χ2v) is 8.00. The first kappa shape index (κ1) is 19.5. The molecule has 29 heavy (non-hydrogen) atoms. The smallest absolute Gasteiger partial charge is 0.270 e. The van der Waals surface area contributed by atoms with Gasteiger partial charge in [0.1, 0.15) is 11.5 Å². The number of hydrogen-bond donors (Lipinski definition) is 0. The molecule has 1 aliphatic rings. The maximum absolute atomic E-state index is 13.2. The number of carbonyl (C=O) groups excluding carboxylic acids is 1. The fraction of sp³-hybridized carbons (Fsp3) is 0.130. The van der Waals surface area contributed by atoms with Gasteiger partial charge in [0.2, 0.25) is 0 Å². The summed E-state index contributed by atoms with van der Waals surface area (Å²) in [5.41, 5.74) is 1.52. The van der Waals surface area contributed by atoms with Crippen LogP contribution >= 0.6 is 24.0 Å². The molecule has 0 unspecified atom stereocenters. The summed E-state index contributed by atoms with van der Waals surface area (Å²) < 4.78 is 11.7. The van der Waals surface area contributed by atoms with Crippen LogP contribution < -0.4 is 14.4 Å². The van der Waals surface area contributed by atoms with E-state index in [2.05, 4.69) is 0 Å². The van der Waals surface area contributed by atoms with Crippen molar-refractivity contribution >= 4 is 56.7 Å². The van der Waals surface area contributed by atoms with E-state index < -0.39 is 0 Å². The molecule has 0 aliphatic carbocycles. The molecule has 0 atom stereocenters. The summed E-state index contributed by atoms with van der Waals surface area (Å²) >= 11 is 6.80. The Kier molecular flexibility index (Phi) is 5.56. The molecule has 1 saturated heterocycles. The zero-order valence-electron chi connectivity index (χ0n) is 16.0. The van der Waals surface area contributed by atoms with Crippen LogP contribution in [0.5, 0.6) is 11.5 Å². The van der Waals surface area contributed by atoms with Crippen LogP contribution in [0.3, 0.4) is 0 Å². The highest BCUT2D eigenvalue weighted by atomic mass is 32.2. The van der Waals surface area contributed by atoms with Gasteiger partial charge in [0.05, 0.1) is 24.3 Å². The first-order chi connectivity index (χ1) is 14.1. The Morgan fingerprint density at radius 1 is 1.03 bits per heavy atom. The van der Waals surface area contributed by atoms with Crippen LogP contribution in [0, 0.1) is 0 Å². The quantitative estimate of drug-likeness (QED) is 0.393. The third-order valence-corrected chi connectivity index (χ3v) is 5.93. The van der Waals surface area contributed by atoms with Gasteiger partial charge < -0.3 is 9.47 Å². The Hall–Kier alpha value is -2.83. The van der Waals surface area contributed by atoms with Crippen LogP contribution in [-0.2, 0) is 4.79 Å². The molecule has 0 aromatic heterocycles. The fourth-order valence-corrected chi connectivity index (χ4v) is 4.59. The number of amides is 1. The van der Waals surface area contributed by atoms with E-state index in [1.165, 1.54) is 16.7 Å². The molecule has 3 aromatic carbocycles. The van der Waals surface area contributed by atoms with Crippen molar-refractivity contribution < 1.29 is 14.3 Å². The molecule has 0 N–H and O–H groups in total. The number of benzene rings is 3. The summed E-state index contributed by atoms with van der Waals surface area (Å²) in [6.07, 6.45) is 1.88. The minimum Gasteiger partial charge on any atom is -0.495 e. The molecule has 3 aromatic rings. The first-order valence-corrected chi connectivity index (χ1v) is 10.4. The lowest BCUT2D eigenvalue weighted by atomic mass is 10.0. The van der Waals surface area contributed by atoms with Crippen LogP contribution in [0.15, 0.2) is 65.6 Å². The van der Waals surface area contributed by atoms with Crippen LogP contribution in [0.4, 0.5) is 5.69 Å². The Bertz CT molecular complexity index is 1140. The third-order valence-electron chi connectivity index (χ3n) is 4.63. The van der Waals surface area contributed by atoms with Crippen molar-refractivity contribution in [2.75, 3.05) is 18.6 Å². The molecule has 1 aliphatic heterocycles. The van der Waals surface area contributed by atoms with Crippen LogP contribution in [0.25, 0.3) is 16.8 Å². The lowest BCUT2D eigenvalue weighted by Gasteiger charge is -2.17. The minimum absolute atomic E-state index is 0.167. The van der Waals surface area contributed by atoms with Crippen LogP contribution in [0.1, 0.15) is 12.5 Å². The van der Waals surface area contributed by atoms with E-state index in [0.717, 1.165) is 22.1 Å². The number of nitrogens with zero attached hydrogens (tertiary/aromatic N) is 1. The van der Waals surface area contributed by atoms with Gasteiger partial charge in [-0.25, -0.2) is 0 Å². The normalized spacial score (nSPS) is 15.4. The molecule has 0 spiro atoms. The van der Waals surface area contributed by atoms with E-state index in [1.54, 1.807) is 7.11 Å². The number of carbonyl (C=O) groups is 1. The molecule has 146 valence electrons. The van der Waals surface area contributed by atoms with Gasteiger partial charge in [-0.3, -0.25) is 9.69 Å². The average molecular weight is 422 g/mol. The number of thioether (sulfide) groups is 1. The minimum atomic E-state index is -0.167. The maximum Gasteiger partial charge on any atom is 0.270 e. The lowest BCUT2D eigenvalue weighted by molar-refractivity contribution is -0.113. The highest BCUT2D eigenvalue weighted by molar-refractivity contribution is 8.27. The van der Waals surface area contributed by atoms with E-state index in [1.807, 2.05) is 73.7 Å². The Morgan fingerprint density at radius 3 is 2.59 bits per heavy atom. The van der Waals surface area contributed by atoms with E-state index in [9.17, 15) is 4.79 Å². The average Bonchev–Trinajstić information content (AvgIpc) is 3.02. The number of ether oxygens (including phenoxy) is 2. The molecule has 1 heterocycles. The summed E-state index contributed by atoms with van der Waals surface area (Å²) in [6, 6.07) is 19.4. The lowest BCUT2D eigenvalue weighted by Crippen LogP contribution is -2.27. The molecule has 4 nitrogen and oxygen atoms in total. The van der Waals surface area contributed by atoms with Gasteiger partial charge in [-0.1, -0.05) is 66.4 Å². The summed E-state index contributed by atoms with van der Waals surface area (Å²) in [4.78, 5) is 15.3. The van der Waals surface area contributed by atoms with Crippen molar-refractivity contribution in [2.45, 2.75) is 6.92 Å². The maximum atomic E-state index is 13.2. The number of fused-ring (bicyclic) bond motifs is 1. The van der Waals surface area contributed by atoms with Gasteiger partial charge in [-0.2, -0.15) is 0 Å². The number of rotatable bonds is 5. The predicted octanol–water partition coefficient (Wildman–Crippen LogP) is 5.65. The highest BCUT2D eigenvalue weighted by Gasteiger charge is 2.35. The predicted molar refractivity (Wildman–Crippen MR) is 124 cm³/mol. The van der Waals surface area contributed by atoms with E-state index in [0.29, 0.717) is 27.3 Å². The second-order valence-electron chi connectivity index (χ2n) is 6.32. The van der Waals surface area contributed by atoms with E-state index in [-0.39, 0.29) is 5.91 Å². The fourth-order valence-electron chi connectivity index (χ4n) is 3.33. The van der Waals surface area contributed by atoms with Crippen molar-refractivity contribution in [3.8, 4) is 11.5 Å². The summed E-state index contributed by atoms with van der Waals surface area (Å²) in [5, 5.41) is 2.11. The van der Waals surface area contributed by atoms with Crippen molar-refractivity contribution in [1.29, 1.82) is 0 Å². The molecule has 0 saturated carbocycles. The van der Waals surface area contributed by atoms with Gasteiger partial charge in [-0.05, 0) is 42.0 Å². The Balaban J connectivity index is 1.81. The number of thiocarbonyl (C=S) groups is 1. The SMILES string of the molecule is CCOc1ccc2ccccc2c1C=C1SC(=S)N(c2ccccc2OC)C1=O. The molecule has 4 rings (SSSR count). The molecule has 0 bridgehead atoms. The summed E-state index contributed by atoms with van der Waals surface area (Å²) in [6.45, 7) is 2.49. The standard InChI is InChI=1S/C23H19NO3S2/c1-3-27-19-13-12-15-8-4-5-9-16(15)17(19)14-21-22(25)24(23(28)29-21)18-10-6-7-11-20(18)26-2/h4-14H,3H2,1-2H3. The summed E-state index contributed by atoms with van der Waals surface area (Å²) in [7, 11) is 1.58. The molecule has 1 fully saturated rings. The van der Waals surface area contributed by atoms with Gasteiger partial charge in [0.25, 0.3) is 5.91 Å². The third kappa shape index (κ3) is 3.61. The summed E-state index contributed by atoms with van der Waals surface area (Å²) in [5.74, 6) is 1.18. The van der Waals surface area contributed by atoms with Gasteiger partial charge in [-0.15, -0.1) is 0 Å². The first-order valence-electron chi connectivity index (χ1n) is 9.19. The van der Waals surface area contributed by atoms with Crippen LogP contribution in [0.2, 0.25) is 0 Å². The highest BCUT2D eigenvalue weighted by Crippen LogP contribution is 2.41. The number of methoxy groups -OCH3 is 1. The molecule has 6 heteroatoms. The second kappa shape index (κ2) is 8.27. The molecule has 0 radical (unpaired) electrons. The monoisotopic (exact) mass is 421 g/mol. The Labute approximate surface area is 179 Å². The Morgan fingerprint density at radius 2 is 1.79 bits per heavy atom. The molecular formula is C23H19NO3S2. The van der Waals surface area contributed by atoms with Crippen molar-refractivity contribution in [3.63, 3.8) is 0 Å². The van der Waals surface area contributed by atoms with Crippen molar-refractivity contribution in [3.05, 3.63) is 71.1 Å². The van der Waals surface area contributed by atoms with Crippen molar-refractivity contribution in [1.82, 2.24) is 0 Å². The molecular weight excluding hydrogens is 402 g/mol. The molecule has 1 amide bonds. The van der Waals surface area contributed by atoms with Crippen LogP contribution in [-0.4, -0.2) is 23.9 Å². The number of hydrogen-bond acceptors (Lipinski definition) is 5. The topological polar surface area (TPSA) is 38.8 Å². The van der Waals surface area contributed by atoms with Crippen molar-refractivity contribution in [2.24, 2.45) is 0 Å². The van der Waals surface area contributed by atoms with Gasteiger partial charge >= 0.3 is 0 Å². The largest absolute Gasteiger partial charge is 0.495 e. The number of para-hydroxylation sites is 2. The zero-order valence-corrected chi connectivity index (χ0v) is 17.7. The van der Waals surface area contributed by atoms with E-state index in [4.69, 9.17) is 21.7 Å².